The Morgan fingerprint density at radius 3 is 2.77 bits per heavy atom. The number of aromatic amines is 1. The number of nitrogens with zero attached hydrogens (tertiary/aromatic N) is 1. The van der Waals surface area contributed by atoms with Crippen molar-refractivity contribution in [3.05, 3.63) is 72.4 Å². The number of hydrogen-bond acceptors (Lipinski definition) is 2. The average Bonchev–Trinajstić information content (AvgIpc) is 3.02. The lowest BCUT2D eigenvalue weighted by atomic mass is 10.1. The number of carbonyl (C=O) groups is 1. The molecule has 22 heavy (non-hydrogen) atoms. The summed E-state index contributed by atoms with van der Waals surface area (Å²) in [5.74, 6) is 0.384. The van der Waals surface area contributed by atoms with E-state index in [1.807, 2.05) is 66.9 Å². The smallest absolute Gasteiger partial charge is 0.256 e. The van der Waals surface area contributed by atoms with Gasteiger partial charge in [-0.25, -0.2) is 4.98 Å². The van der Waals surface area contributed by atoms with E-state index in [4.69, 9.17) is 0 Å². The van der Waals surface area contributed by atoms with E-state index in [0.29, 0.717) is 11.4 Å². The molecule has 0 aliphatic carbocycles. The second-order valence-electron chi connectivity index (χ2n) is 5.12. The van der Waals surface area contributed by atoms with Crippen LogP contribution < -0.4 is 5.32 Å². The third-order valence-electron chi connectivity index (χ3n) is 3.66. The lowest BCUT2D eigenvalue weighted by molar-refractivity contribution is 0.102. The number of fused-ring (bicyclic) bond motifs is 2. The minimum atomic E-state index is -0.167. The molecule has 0 aliphatic rings. The highest BCUT2D eigenvalue weighted by molar-refractivity contribution is 6.06. The Balaban J connectivity index is 1.64. The van der Waals surface area contributed by atoms with Crippen LogP contribution in [0.3, 0.4) is 0 Å². The molecule has 2 N–H and O–H groups in total. The Labute approximate surface area is 126 Å². The Bertz CT molecular complexity index is 988. The summed E-state index contributed by atoms with van der Waals surface area (Å²) in [6.07, 6.45) is 1.86. The molecule has 4 heteroatoms. The van der Waals surface area contributed by atoms with Crippen LogP contribution in [0.25, 0.3) is 21.8 Å². The zero-order chi connectivity index (χ0) is 14.9. The molecule has 0 radical (unpaired) electrons. The number of aromatic nitrogens is 2. The quantitative estimate of drug-likeness (QED) is 0.586. The number of H-pyrrole nitrogens is 1. The highest BCUT2D eigenvalue weighted by Crippen LogP contribution is 2.17. The van der Waals surface area contributed by atoms with Crippen molar-refractivity contribution in [2.24, 2.45) is 0 Å². The van der Waals surface area contributed by atoms with Gasteiger partial charge in [-0.05, 0) is 41.8 Å². The largest absolute Gasteiger partial charge is 0.361 e. The molecule has 106 valence electrons. The van der Waals surface area contributed by atoms with Crippen LogP contribution in [0.2, 0.25) is 0 Å². The molecule has 0 saturated heterocycles. The third kappa shape index (κ3) is 2.20. The van der Waals surface area contributed by atoms with Gasteiger partial charge in [0.15, 0.2) is 0 Å². The Hall–Kier alpha value is -3.14. The van der Waals surface area contributed by atoms with Crippen molar-refractivity contribution < 1.29 is 4.79 Å². The Kier molecular flexibility index (Phi) is 2.86. The molecule has 4 aromatic rings. The van der Waals surface area contributed by atoms with Crippen LogP contribution in [0.15, 0.2) is 66.9 Å². The standard InChI is InChI=1S/C18H13N3O/c22-18(14-6-5-13-9-10-19-16(13)11-14)21-17-8-7-12-3-1-2-4-15(12)20-17/h1-11,19H,(H,20,21,22). The number of benzene rings is 2. The van der Waals surface area contributed by atoms with Crippen molar-refractivity contribution in [2.75, 3.05) is 5.32 Å². The Morgan fingerprint density at radius 2 is 1.82 bits per heavy atom. The molecule has 4 nitrogen and oxygen atoms in total. The van der Waals surface area contributed by atoms with Crippen molar-refractivity contribution in [2.45, 2.75) is 0 Å². The number of nitrogens with one attached hydrogen (secondary N) is 2. The van der Waals surface area contributed by atoms with Crippen LogP contribution in [0.1, 0.15) is 10.4 Å². The lowest BCUT2D eigenvalue weighted by Crippen LogP contribution is -2.12. The number of para-hydroxylation sites is 1. The second kappa shape index (κ2) is 5.00. The van der Waals surface area contributed by atoms with Gasteiger partial charge in [0.05, 0.1) is 5.52 Å². The molecule has 2 aromatic carbocycles. The van der Waals surface area contributed by atoms with E-state index in [1.165, 1.54) is 0 Å². The minimum Gasteiger partial charge on any atom is -0.361 e. The van der Waals surface area contributed by atoms with Gasteiger partial charge in [-0.3, -0.25) is 4.79 Å². The monoisotopic (exact) mass is 287 g/mol. The van der Waals surface area contributed by atoms with E-state index in [2.05, 4.69) is 15.3 Å². The first kappa shape index (κ1) is 12.6. The van der Waals surface area contributed by atoms with Gasteiger partial charge in [0.2, 0.25) is 0 Å². The molecule has 4 rings (SSSR count). The molecular formula is C18H13N3O. The SMILES string of the molecule is O=C(Nc1ccc2ccccc2n1)c1ccc2cc[nH]c2c1. The van der Waals surface area contributed by atoms with Crippen LogP contribution in [0.4, 0.5) is 5.82 Å². The van der Waals surface area contributed by atoms with E-state index in [9.17, 15) is 4.79 Å². The van der Waals surface area contributed by atoms with Gasteiger partial charge >= 0.3 is 0 Å². The maximum absolute atomic E-state index is 12.4. The van der Waals surface area contributed by atoms with Gasteiger partial charge in [0.25, 0.3) is 5.91 Å². The summed E-state index contributed by atoms with van der Waals surface area (Å²) in [5, 5.41) is 4.98. The van der Waals surface area contributed by atoms with Crippen LogP contribution in [0, 0.1) is 0 Å². The maximum Gasteiger partial charge on any atom is 0.256 e. The van der Waals surface area contributed by atoms with Crippen LogP contribution in [0.5, 0.6) is 0 Å². The summed E-state index contributed by atoms with van der Waals surface area (Å²) in [7, 11) is 0. The van der Waals surface area contributed by atoms with Crippen LogP contribution in [-0.2, 0) is 0 Å². The van der Waals surface area contributed by atoms with Crippen LogP contribution >= 0.6 is 0 Å². The van der Waals surface area contributed by atoms with Crippen molar-refractivity contribution in [3.63, 3.8) is 0 Å². The van der Waals surface area contributed by atoms with Gasteiger partial charge in [-0.15, -0.1) is 0 Å². The zero-order valence-electron chi connectivity index (χ0n) is 11.7. The van der Waals surface area contributed by atoms with Gasteiger partial charge < -0.3 is 10.3 Å². The summed E-state index contributed by atoms with van der Waals surface area (Å²) in [6.45, 7) is 0. The number of anilines is 1. The Morgan fingerprint density at radius 1 is 0.955 bits per heavy atom. The first-order valence-electron chi connectivity index (χ1n) is 7.04. The topological polar surface area (TPSA) is 57.8 Å². The first-order chi connectivity index (χ1) is 10.8. The molecule has 0 atom stereocenters. The van der Waals surface area contributed by atoms with Crippen molar-refractivity contribution in [1.29, 1.82) is 0 Å². The number of rotatable bonds is 2. The molecule has 0 bridgehead atoms. The van der Waals surface area contributed by atoms with Crippen LogP contribution in [-0.4, -0.2) is 15.9 Å². The molecule has 0 fully saturated rings. The van der Waals surface area contributed by atoms with E-state index in [0.717, 1.165) is 21.8 Å². The molecule has 2 heterocycles. The van der Waals surface area contributed by atoms with Gasteiger partial charge in [0, 0.05) is 22.7 Å². The normalized spacial score (nSPS) is 10.9. The van der Waals surface area contributed by atoms with Crippen molar-refractivity contribution in [1.82, 2.24) is 9.97 Å². The second-order valence-corrected chi connectivity index (χ2v) is 5.12. The van der Waals surface area contributed by atoms with Gasteiger partial charge in [0.1, 0.15) is 5.82 Å². The summed E-state index contributed by atoms with van der Waals surface area (Å²) in [6, 6.07) is 19.1. The third-order valence-corrected chi connectivity index (χ3v) is 3.66. The molecule has 0 aliphatic heterocycles. The summed E-state index contributed by atoms with van der Waals surface area (Å²) < 4.78 is 0. The summed E-state index contributed by atoms with van der Waals surface area (Å²) in [4.78, 5) is 19.9. The number of pyridine rings is 1. The first-order valence-corrected chi connectivity index (χ1v) is 7.04. The number of carbonyl (C=O) groups excluding carboxylic acids is 1. The number of hydrogen-bond donors (Lipinski definition) is 2. The predicted molar refractivity (Wildman–Crippen MR) is 88.0 cm³/mol. The molecule has 0 spiro atoms. The lowest BCUT2D eigenvalue weighted by Gasteiger charge is -2.06. The molecule has 2 aromatic heterocycles. The average molecular weight is 287 g/mol. The minimum absolute atomic E-state index is 0.167. The molecule has 1 amide bonds. The summed E-state index contributed by atoms with van der Waals surface area (Å²) >= 11 is 0. The van der Waals surface area contributed by atoms with Gasteiger partial charge in [-0.2, -0.15) is 0 Å². The van der Waals surface area contributed by atoms with Gasteiger partial charge in [-0.1, -0.05) is 24.3 Å². The maximum atomic E-state index is 12.4. The summed E-state index contributed by atoms with van der Waals surface area (Å²) in [5.41, 5.74) is 2.41. The number of amides is 1. The highest BCUT2D eigenvalue weighted by atomic mass is 16.1. The molecular weight excluding hydrogens is 274 g/mol. The van der Waals surface area contributed by atoms with E-state index in [1.54, 1.807) is 0 Å². The van der Waals surface area contributed by atoms with Crippen molar-refractivity contribution >= 4 is 33.5 Å². The predicted octanol–water partition coefficient (Wildman–Crippen LogP) is 3.97. The highest BCUT2D eigenvalue weighted by Gasteiger charge is 2.08. The fraction of sp³-hybridized carbons (Fsp3) is 0. The van der Waals surface area contributed by atoms with E-state index in [-0.39, 0.29) is 5.91 Å². The molecule has 0 saturated carbocycles. The fourth-order valence-electron chi connectivity index (χ4n) is 2.51. The van der Waals surface area contributed by atoms with E-state index < -0.39 is 0 Å². The fourth-order valence-corrected chi connectivity index (χ4v) is 2.51. The van der Waals surface area contributed by atoms with E-state index >= 15 is 0 Å². The van der Waals surface area contributed by atoms with Crippen molar-refractivity contribution in [3.8, 4) is 0 Å². The zero-order valence-corrected chi connectivity index (χ0v) is 11.7. The molecule has 0 unspecified atom stereocenters.